The molecule has 10 nitrogen and oxygen atoms in total. The number of aromatic nitrogens is 2. The number of allylic oxidation sites excluding steroid dienone is 2. The summed E-state index contributed by atoms with van der Waals surface area (Å²) in [6.45, 7) is 5.26. The van der Waals surface area contributed by atoms with Crippen molar-refractivity contribution in [3.63, 3.8) is 0 Å². The van der Waals surface area contributed by atoms with E-state index in [0.717, 1.165) is 22.5 Å². The first kappa shape index (κ1) is 28.0. The van der Waals surface area contributed by atoms with Crippen LogP contribution in [0, 0.1) is 10.1 Å². The summed E-state index contributed by atoms with van der Waals surface area (Å²) in [5.41, 5.74) is 4.46. The number of nitrogens with one attached hydrogen (secondary N) is 2. The maximum absolute atomic E-state index is 13.5. The lowest BCUT2D eigenvalue weighted by atomic mass is 9.80. The van der Waals surface area contributed by atoms with Gasteiger partial charge in [0, 0.05) is 42.3 Å². The van der Waals surface area contributed by atoms with Crippen LogP contribution < -0.4 is 5.32 Å². The summed E-state index contributed by atoms with van der Waals surface area (Å²) in [5, 5.41) is 14.5. The second-order valence-electron chi connectivity index (χ2n) is 9.50. The number of imidazole rings is 1. The Morgan fingerprint density at radius 2 is 1.77 bits per heavy atom. The second kappa shape index (κ2) is 12.2. The van der Waals surface area contributed by atoms with Gasteiger partial charge in [-0.1, -0.05) is 42.5 Å². The molecule has 1 aromatic heterocycles. The van der Waals surface area contributed by atoms with E-state index in [0.29, 0.717) is 23.4 Å². The van der Waals surface area contributed by atoms with E-state index in [1.54, 1.807) is 32.3 Å². The van der Waals surface area contributed by atoms with Gasteiger partial charge in [-0.05, 0) is 43.0 Å². The van der Waals surface area contributed by atoms with Gasteiger partial charge in [0.1, 0.15) is 12.4 Å². The number of non-ortho nitro benzene ring substituents is 1. The summed E-state index contributed by atoms with van der Waals surface area (Å²) < 4.78 is 10.7. The number of carbonyl (C=O) groups is 2. The third kappa shape index (κ3) is 6.35. The first-order valence-corrected chi connectivity index (χ1v) is 12.6. The minimum Gasteiger partial charge on any atom is -0.466 e. The molecule has 1 aliphatic heterocycles. The lowest BCUT2D eigenvalue weighted by molar-refractivity contribution is -0.384. The number of benzene rings is 2. The molecule has 0 amide bonds. The number of methoxy groups -OCH3 is 1. The smallest absolute Gasteiger partial charge is 0.337 e. The highest BCUT2D eigenvalue weighted by atomic mass is 16.6. The van der Waals surface area contributed by atoms with E-state index in [2.05, 4.69) is 15.3 Å². The molecule has 2 heterocycles. The number of ether oxygens (including phenoxy) is 2. The molecule has 0 saturated heterocycles. The Kier molecular flexibility index (Phi) is 8.58. The largest absolute Gasteiger partial charge is 0.466 e. The minimum absolute atomic E-state index is 0.0155. The SMILES string of the molecule is COC(=O)C1=C(C)NC(C)=C(C(=O)OCC(C)=Cc2ccc(Cc3ncc[nH]3)cc2)C1c1cccc([N+](=O)[O-])c1. The second-order valence-corrected chi connectivity index (χ2v) is 9.50. The number of hydrogen-bond donors (Lipinski definition) is 2. The van der Waals surface area contributed by atoms with Gasteiger partial charge in [-0.15, -0.1) is 0 Å². The molecule has 1 aliphatic rings. The maximum Gasteiger partial charge on any atom is 0.337 e. The summed E-state index contributed by atoms with van der Waals surface area (Å²) in [6.07, 6.45) is 6.13. The van der Waals surface area contributed by atoms with Crippen molar-refractivity contribution in [3.05, 3.63) is 122 Å². The normalized spacial score (nSPS) is 15.5. The van der Waals surface area contributed by atoms with Crippen molar-refractivity contribution in [2.45, 2.75) is 33.1 Å². The monoisotopic (exact) mass is 542 g/mol. The Labute approximate surface area is 231 Å². The van der Waals surface area contributed by atoms with E-state index in [4.69, 9.17) is 9.47 Å². The first-order valence-electron chi connectivity index (χ1n) is 12.6. The molecule has 0 spiro atoms. The zero-order valence-electron chi connectivity index (χ0n) is 22.7. The molecule has 206 valence electrons. The Morgan fingerprint density at radius 1 is 1.07 bits per heavy atom. The van der Waals surface area contributed by atoms with Crippen molar-refractivity contribution in [1.82, 2.24) is 15.3 Å². The fraction of sp³-hybridized carbons (Fsp3) is 0.233. The van der Waals surface area contributed by atoms with Gasteiger partial charge in [-0.25, -0.2) is 14.6 Å². The molecule has 0 saturated carbocycles. The number of carbonyl (C=O) groups excluding carboxylic acids is 2. The molecular weight excluding hydrogens is 512 g/mol. The Bertz CT molecular complexity index is 1520. The first-order chi connectivity index (χ1) is 19.2. The number of nitro groups is 1. The zero-order valence-corrected chi connectivity index (χ0v) is 22.7. The number of aromatic amines is 1. The fourth-order valence-corrected chi connectivity index (χ4v) is 4.70. The number of esters is 2. The van der Waals surface area contributed by atoms with Crippen LogP contribution in [0.5, 0.6) is 0 Å². The molecular formula is C30H30N4O6. The van der Waals surface area contributed by atoms with Crippen LogP contribution in [-0.4, -0.2) is 40.5 Å². The summed E-state index contributed by atoms with van der Waals surface area (Å²) in [7, 11) is 1.24. The molecule has 0 radical (unpaired) electrons. The average molecular weight is 543 g/mol. The fourth-order valence-electron chi connectivity index (χ4n) is 4.70. The quantitative estimate of drug-likeness (QED) is 0.220. The predicted molar refractivity (Wildman–Crippen MR) is 149 cm³/mol. The van der Waals surface area contributed by atoms with Gasteiger partial charge in [-0.3, -0.25) is 10.1 Å². The molecule has 10 heteroatoms. The number of H-pyrrole nitrogens is 1. The average Bonchev–Trinajstić information content (AvgIpc) is 3.45. The van der Waals surface area contributed by atoms with Gasteiger partial charge in [0.15, 0.2) is 0 Å². The van der Waals surface area contributed by atoms with E-state index in [1.807, 2.05) is 37.3 Å². The molecule has 2 aromatic carbocycles. The molecule has 1 atom stereocenters. The van der Waals surface area contributed by atoms with Crippen LogP contribution in [0.15, 0.2) is 89.0 Å². The van der Waals surface area contributed by atoms with E-state index in [1.165, 1.54) is 25.3 Å². The topological polar surface area (TPSA) is 136 Å². The van der Waals surface area contributed by atoms with Gasteiger partial charge < -0.3 is 19.8 Å². The number of hydrogen-bond acceptors (Lipinski definition) is 8. The minimum atomic E-state index is -0.910. The van der Waals surface area contributed by atoms with Crippen LogP contribution in [-0.2, 0) is 25.5 Å². The standard InChI is InChI=1S/C30H30N4O6/c1-18(14-21-8-10-22(11-9-21)15-25-31-12-13-32-25)17-40-30(36)27-20(3)33-19(2)26(29(35)39-4)28(27)23-6-5-7-24(16-23)34(37)38/h5-14,16,28,33H,15,17H2,1-4H3,(H,31,32). The summed E-state index contributed by atoms with van der Waals surface area (Å²) >= 11 is 0. The molecule has 40 heavy (non-hydrogen) atoms. The lowest BCUT2D eigenvalue weighted by Gasteiger charge is -2.30. The number of rotatable bonds is 9. The molecule has 2 N–H and O–H groups in total. The Balaban J connectivity index is 1.54. The molecule has 0 bridgehead atoms. The van der Waals surface area contributed by atoms with Crippen molar-refractivity contribution >= 4 is 23.7 Å². The number of dihydropyridines is 1. The van der Waals surface area contributed by atoms with Crippen LogP contribution in [0.25, 0.3) is 6.08 Å². The van der Waals surface area contributed by atoms with Crippen molar-refractivity contribution in [2.75, 3.05) is 13.7 Å². The summed E-state index contributed by atoms with van der Waals surface area (Å²) in [6, 6.07) is 13.9. The van der Waals surface area contributed by atoms with E-state index in [-0.39, 0.29) is 23.4 Å². The lowest BCUT2D eigenvalue weighted by Crippen LogP contribution is -2.32. The highest BCUT2D eigenvalue weighted by molar-refractivity contribution is 6.00. The van der Waals surface area contributed by atoms with Gasteiger partial charge in [0.05, 0.1) is 29.1 Å². The number of nitrogens with zero attached hydrogens (tertiary/aromatic N) is 2. The van der Waals surface area contributed by atoms with Crippen LogP contribution in [0.1, 0.15) is 49.2 Å². The van der Waals surface area contributed by atoms with E-state index >= 15 is 0 Å². The summed E-state index contributed by atoms with van der Waals surface area (Å²) in [5.74, 6) is -1.31. The van der Waals surface area contributed by atoms with Crippen molar-refractivity contribution < 1.29 is 24.0 Å². The molecule has 4 rings (SSSR count). The third-order valence-corrected chi connectivity index (χ3v) is 6.55. The van der Waals surface area contributed by atoms with Crippen LogP contribution in [0.4, 0.5) is 5.69 Å². The van der Waals surface area contributed by atoms with Crippen molar-refractivity contribution in [3.8, 4) is 0 Å². The highest BCUT2D eigenvalue weighted by Gasteiger charge is 2.38. The van der Waals surface area contributed by atoms with Gasteiger partial charge in [0.2, 0.25) is 0 Å². The van der Waals surface area contributed by atoms with Gasteiger partial charge >= 0.3 is 11.9 Å². The Morgan fingerprint density at radius 3 is 2.40 bits per heavy atom. The zero-order chi connectivity index (χ0) is 28.8. The van der Waals surface area contributed by atoms with Crippen molar-refractivity contribution in [2.24, 2.45) is 0 Å². The van der Waals surface area contributed by atoms with E-state index < -0.39 is 22.8 Å². The molecule has 0 fully saturated rings. The summed E-state index contributed by atoms with van der Waals surface area (Å²) in [4.78, 5) is 44.5. The molecule has 3 aromatic rings. The predicted octanol–water partition coefficient (Wildman–Crippen LogP) is 4.96. The van der Waals surface area contributed by atoms with Gasteiger partial charge in [-0.2, -0.15) is 0 Å². The third-order valence-electron chi connectivity index (χ3n) is 6.55. The highest BCUT2D eigenvalue weighted by Crippen LogP contribution is 2.40. The van der Waals surface area contributed by atoms with Crippen molar-refractivity contribution in [1.29, 1.82) is 0 Å². The van der Waals surface area contributed by atoms with Crippen LogP contribution in [0.2, 0.25) is 0 Å². The molecule has 1 unspecified atom stereocenters. The van der Waals surface area contributed by atoms with E-state index in [9.17, 15) is 19.7 Å². The molecule has 0 aliphatic carbocycles. The van der Waals surface area contributed by atoms with Gasteiger partial charge in [0.25, 0.3) is 5.69 Å². The maximum atomic E-state index is 13.5. The van der Waals surface area contributed by atoms with Crippen LogP contribution in [0.3, 0.4) is 0 Å². The number of nitro benzene ring substituents is 1. The Hall–Kier alpha value is -4.99. The van der Waals surface area contributed by atoms with Crippen LogP contribution >= 0.6 is 0 Å².